The van der Waals surface area contributed by atoms with Crippen molar-refractivity contribution in [3.63, 3.8) is 0 Å². The van der Waals surface area contributed by atoms with E-state index < -0.39 is 6.36 Å². The number of nitrogens with one attached hydrogen (secondary N) is 1. The van der Waals surface area contributed by atoms with Gasteiger partial charge in [0.15, 0.2) is 11.7 Å². The number of nitrogens with two attached hydrogens (primary N) is 1. The van der Waals surface area contributed by atoms with Gasteiger partial charge in [-0.2, -0.15) is 0 Å². The van der Waals surface area contributed by atoms with E-state index in [1.54, 1.807) is 11.0 Å². The molecule has 0 unspecified atom stereocenters. The average molecular weight is 344 g/mol. The molecule has 2 rings (SSSR count). The molecule has 24 heavy (non-hydrogen) atoms. The van der Waals surface area contributed by atoms with Gasteiger partial charge in [-0.1, -0.05) is 12.1 Å². The molecule has 3 N–H and O–H groups in total. The van der Waals surface area contributed by atoms with E-state index in [1.807, 2.05) is 0 Å². The molecule has 1 fully saturated rings. The molecule has 0 bridgehead atoms. The fraction of sp³-hybridized carbons (Fsp3) is 0.467. The van der Waals surface area contributed by atoms with Crippen LogP contribution >= 0.6 is 0 Å². The molecule has 132 valence electrons. The molecular weight excluding hydrogens is 325 g/mol. The van der Waals surface area contributed by atoms with Crippen LogP contribution in [0.4, 0.5) is 18.9 Å². The summed E-state index contributed by atoms with van der Waals surface area (Å²) in [5.41, 5.74) is 5.76. The van der Waals surface area contributed by atoms with Crippen molar-refractivity contribution in [2.75, 3.05) is 25.0 Å². The second-order valence-corrected chi connectivity index (χ2v) is 5.27. The van der Waals surface area contributed by atoms with Crippen molar-refractivity contribution in [3.8, 4) is 5.75 Å². The summed E-state index contributed by atoms with van der Waals surface area (Å²) in [4.78, 5) is 17.3. The van der Waals surface area contributed by atoms with Crippen LogP contribution in [0, 0.1) is 0 Å². The summed E-state index contributed by atoms with van der Waals surface area (Å²) in [7, 11) is 0. The summed E-state index contributed by atoms with van der Waals surface area (Å²) in [6.07, 6.45) is -2.69. The Morgan fingerprint density at radius 1 is 1.38 bits per heavy atom. The van der Waals surface area contributed by atoms with E-state index >= 15 is 0 Å². The fourth-order valence-electron chi connectivity index (χ4n) is 2.36. The molecule has 6 nitrogen and oxygen atoms in total. The van der Waals surface area contributed by atoms with Crippen molar-refractivity contribution in [1.82, 2.24) is 4.90 Å². The third-order valence-corrected chi connectivity index (χ3v) is 3.42. The third kappa shape index (κ3) is 5.64. The zero-order valence-corrected chi connectivity index (χ0v) is 13.0. The van der Waals surface area contributed by atoms with Crippen LogP contribution in [0.2, 0.25) is 0 Å². The van der Waals surface area contributed by atoms with Gasteiger partial charge in [0.1, 0.15) is 0 Å². The lowest BCUT2D eigenvalue weighted by molar-refractivity contribution is -0.274. The van der Waals surface area contributed by atoms with Gasteiger partial charge in [0, 0.05) is 26.1 Å². The zero-order chi connectivity index (χ0) is 17.6. The molecule has 0 spiro atoms. The highest BCUT2D eigenvalue weighted by atomic mass is 19.4. The van der Waals surface area contributed by atoms with E-state index in [9.17, 15) is 18.0 Å². The first-order valence-corrected chi connectivity index (χ1v) is 7.54. The zero-order valence-electron chi connectivity index (χ0n) is 13.0. The highest BCUT2D eigenvalue weighted by molar-refractivity contribution is 5.93. The quantitative estimate of drug-likeness (QED) is 0.472. The number of rotatable bonds is 6. The van der Waals surface area contributed by atoms with Crippen LogP contribution in [0.3, 0.4) is 0 Å². The lowest BCUT2D eigenvalue weighted by Crippen LogP contribution is -2.27. The van der Waals surface area contributed by atoms with Crippen molar-refractivity contribution in [3.05, 3.63) is 24.3 Å². The van der Waals surface area contributed by atoms with Crippen molar-refractivity contribution in [2.45, 2.75) is 25.6 Å². The number of hydrogen-bond donors (Lipinski definition) is 2. The molecular formula is C15H19F3N4O2. The number of halogens is 3. The van der Waals surface area contributed by atoms with Crippen molar-refractivity contribution in [2.24, 2.45) is 10.7 Å². The first kappa shape index (κ1) is 17.9. The van der Waals surface area contributed by atoms with Gasteiger partial charge in [0.05, 0.1) is 5.69 Å². The Hall–Kier alpha value is -2.45. The highest BCUT2D eigenvalue weighted by Gasteiger charge is 2.32. The van der Waals surface area contributed by atoms with Gasteiger partial charge in [-0.3, -0.25) is 9.79 Å². The summed E-state index contributed by atoms with van der Waals surface area (Å²) in [5.74, 6) is -0.255. The molecule has 9 heteroatoms. The Morgan fingerprint density at radius 2 is 2.12 bits per heavy atom. The second kappa shape index (κ2) is 7.89. The highest BCUT2D eigenvalue weighted by Crippen LogP contribution is 2.29. The molecule has 0 atom stereocenters. The summed E-state index contributed by atoms with van der Waals surface area (Å²) in [6, 6.07) is 5.57. The van der Waals surface area contributed by atoms with Crippen LogP contribution in [-0.4, -0.2) is 42.8 Å². The topological polar surface area (TPSA) is 80.0 Å². The van der Waals surface area contributed by atoms with Crippen molar-refractivity contribution in [1.29, 1.82) is 0 Å². The molecule has 1 aliphatic heterocycles. The molecule has 0 aliphatic carbocycles. The molecule has 1 aliphatic rings. The maximum atomic E-state index is 12.3. The number of carbonyl (C=O) groups excluding carboxylic acids is 1. The first-order valence-electron chi connectivity index (χ1n) is 7.54. The van der Waals surface area contributed by atoms with Crippen LogP contribution < -0.4 is 15.8 Å². The van der Waals surface area contributed by atoms with E-state index in [-0.39, 0.29) is 23.3 Å². The minimum Gasteiger partial charge on any atom is -0.404 e. The summed E-state index contributed by atoms with van der Waals surface area (Å²) in [5, 5.41) is 2.59. The van der Waals surface area contributed by atoms with Crippen LogP contribution in [0.1, 0.15) is 19.3 Å². The average Bonchev–Trinajstić information content (AvgIpc) is 2.90. The van der Waals surface area contributed by atoms with Gasteiger partial charge in [-0.05, 0) is 25.0 Å². The Bertz CT molecular complexity index is 605. The Morgan fingerprint density at radius 3 is 2.79 bits per heavy atom. The van der Waals surface area contributed by atoms with Gasteiger partial charge in [0.2, 0.25) is 5.91 Å². The minimum atomic E-state index is -4.79. The number of anilines is 1. The second-order valence-electron chi connectivity index (χ2n) is 5.27. The SMILES string of the molecule is NC(=NCCCN1CCCC1=O)Nc1ccccc1OC(F)(F)F. The van der Waals surface area contributed by atoms with Crippen LogP contribution in [-0.2, 0) is 4.79 Å². The summed E-state index contributed by atoms with van der Waals surface area (Å²) in [6.45, 7) is 1.73. The number of amides is 1. The van der Waals surface area contributed by atoms with Gasteiger partial charge >= 0.3 is 6.36 Å². The fourth-order valence-corrected chi connectivity index (χ4v) is 2.36. The van der Waals surface area contributed by atoms with Gasteiger partial charge in [0.25, 0.3) is 0 Å². The van der Waals surface area contributed by atoms with E-state index in [1.165, 1.54) is 18.2 Å². The number of hydrogen-bond acceptors (Lipinski definition) is 3. The van der Waals surface area contributed by atoms with Crippen LogP contribution in [0.5, 0.6) is 5.75 Å². The molecule has 0 radical (unpaired) electrons. The third-order valence-electron chi connectivity index (χ3n) is 3.42. The Balaban J connectivity index is 1.85. The monoisotopic (exact) mass is 344 g/mol. The van der Waals surface area contributed by atoms with Gasteiger partial charge in [-0.25, -0.2) is 0 Å². The summed E-state index contributed by atoms with van der Waals surface area (Å²) < 4.78 is 41.0. The van der Waals surface area contributed by atoms with Crippen molar-refractivity contribution < 1.29 is 22.7 Å². The predicted molar refractivity (Wildman–Crippen MR) is 83.7 cm³/mol. The number of guanidine groups is 1. The normalized spacial score (nSPS) is 15.7. The lowest BCUT2D eigenvalue weighted by Gasteiger charge is -2.15. The minimum absolute atomic E-state index is 0.0130. The molecule has 1 aromatic rings. The molecule has 1 amide bonds. The number of ether oxygens (including phenoxy) is 1. The largest absolute Gasteiger partial charge is 0.573 e. The van der Waals surface area contributed by atoms with Crippen molar-refractivity contribution >= 4 is 17.6 Å². The molecule has 1 heterocycles. The van der Waals surface area contributed by atoms with Gasteiger partial charge in [-0.15, -0.1) is 13.2 Å². The van der Waals surface area contributed by atoms with Crippen LogP contribution in [0.15, 0.2) is 29.3 Å². The smallest absolute Gasteiger partial charge is 0.404 e. The van der Waals surface area contributed by atoms with E-state index in [0.717, 1.165) is 13.0 Å². The van der Waals surface area contributed by atoms with E-state index in [4.69, 9.17) is 5.73 Å². The molecule has 0 aromatic heterocycles. The predicted octanol–water partition coefficient (Wildman–Crippen LogP) is 2.32. The maximum Gasteiger partial charge on any atom is 0.573 e. The standard InChI is InChI=1S/C15H19F3N4O2/c16-15(17,18)24-12-6-2-1-5-11(12)21-14(19)20-8-4-10-22-9-3-7-13(22)23/h1-2,5-6H,3-4,7-10H2,(H3,19,20,21). The Kier molecular flexibility index (Phi) is 5.88. The number of carbonyl (C=O) groups is 1. The number of benzene rings is 1. The molecule has 0 saturated carbocycles. The number of likely N-dealkylation sites (tertiary alicyclic amines) is 1. The maximum absolute atomic E-state index is 12.3. The van der Waals surface area contributed by atoms with E-state index in [0.29, 0.717) is 25.9 Å². The number of alkyl halides is 3. The molecule has 1 saturated heterocycles. The number of para-hydroxylation sites is 2. The Labute approximate surface area is 137 Å². The summed E-state index contributed by atoms with van der Waals surface area (Å²) >= 11 is 0. The van der Waals surface area contributed by atoms with Gasteiger partial charge < -0.3 is 20.7 Å². The molecule has 1 aromatic carbocycles. The number of aliphatic imine (C=N–C) groups is 1. The number of nitrogens with zero attached hydrogens (tertiary/aromatic N) is 2. The van der Waals surface area contributed by atoms with E-state index in [2.05, 4.69) is 15.0 Å². The van der Waals surface area contributed by atoms with Crippen LogP contribution in [0.25, 0.3) is 0 Å². The first-order chi connectivity index (χ1) is 11.3. The lowest BCUT2D eigenvalue weighted by atomic mass is 10.3.